The van der Waals surface area contributed by atoms with E-state index in [1.807, 2.05) is 0 Å². The van der Waals surface area contributed by atoms with Crippen LogP contribution in [0.3, 0.4) is 0 Å². The van der Waals surface area contributed by atoms with Crippen LogP contribution >= 0.6 is 0 Å². The first-order chi connectivity index (χ1) is 7.16. The van der Waals surface area contributed by atoms with Gasteiger partial charge in [0.05, 0.1) is 0 Å². The first-order valence-electron chi connectivity index (χ1n) is 4.22. The summed E-state index contributed by atoms with van der Waals surface area (Å²) in [5, 5.41) is 0. The highest BCUT2D eigenvalue weighted by Gasteiger charge is 2.58. The van der Waals surface area contributed by atoms with E-state index in [1.165, 1.54) is 6.07 Å². The average molecular weight is 238 g/mol. The van der Waals surface area contributed by atoms with Crippen molar-refractivity contribution in [2.24, 2.45) is 0 Å². The maximum atomic E-state index is 12.9. The fourth-order valence-electron chi connectivity index (χ4n) is 1.10. The predicted molar refractivity (Wildman–Crippen MR) is 46.4 cm³/mol. The molecule has 0 aliphatic rings. The zero-order valence-electron chi connectivity index (χ0n) is 8.11. The average Bonchev–Trinajstić information content (AvgIpc) is 2.16. The van der Waals surface area contributed by atoms with E-state index < -0.39 is 23.4 Å². The van der Waals surface area contributed by atoms with E-state index in [-0.39, 0.29) is 5.56 Å². The minimum absolute atomic E-state index is 0.179. The molecule has 0 heterocycles. The predicted octanol–water partition coefficient (Wildman–Crippen LogP) is 3.54. The van der Waals surface area contributed by atoms with Crippen molar-refractivity contribution in [2.45, 2.75) is 19.0 Å². The third-order valence-electron chi connectivity index (χ3n) is 1.99. The topological polar surface area (TPSA) is 17.1 Å². The molecule has 0 amide bonds. The lowest BCUT2D eigenvalue weighted by Crippen LogP contribution is -2.33. The molecule has 1 nitrogen and oxygen atoms in total. The van der Waals surface area contributed by atoms with Crippen molar-refractivity contribution in [2.75, 3.05) is 0 Å². The smallest absolute Gasteiger partial charge is 0.295 e. The van der Waals surface area contributed by atoms with Crippen LogP contribution in [0.2, 0.25) is 0 Å². The number of alkyl halides is 5. The van der Waals surface area contributed by atoms with Crippen molar-refractivity contribution < 1.29 is 26.7 Å². The first kappa shape index (κ1) is 12.6. The molecule has 1 rings (SSSR count). The largest absolute Gasteiger partial charge is 0.458 e. The molecule has 0 spiro atoms. The third-order valence-corrected chi connectivity index (χ3v) is 1.99. The van der Waals surface area contributed by atoms with Crippen molar-refractivity contribution in [1.29, 1.82) is 0 Å². The van der Waals surface area contributed by atoms with Gasteiger partial charge in [0.1, 0.15) is 0 Å². The van der Waals surface area contributed by atoms with Crippen molar-refractivity contribution >= 4 is 5.78 Å². The van der Waals surface area contributed by atoms with Gasteiger partial charge in [-0.25, -0.2) is 0 Å². The molecule has 0 saturated carbocycles. The quantitative estimate of drug-likeness (QED) is 0.568. The molecule has 0 aliphatic heterocycles. The minimum Gasteiger partial charge on any atom is -0.295 e. The van der Waals surface area contributed by atoms with Crippen molar-refractivity contribution in [3.8, 4) is 0 Å². The Balaban J connectivity index is 3.24. The van der Waals surface area contributed by atoms with Crippen molar-refractivity contribution in [1.82, 2.24) is 0 Å². The molecule has 0 fully saturated rings. The lowest BCUT2D eigenvalue weighted by Gasteiger charge is -2.20. The van der Waals surface area contributed by atoms with Crippen LogP contribution in [0.25, 0.3) is 0 Å². The number of carbonyl (C=O) groups is 1. The van der Waals surface area contributed by atoms with E-state index in [2.05, 4.69) is 0 Å². The lowest BCUT2D eigenvalue weighted by molar-refractivity contribution is -0.289. The highest BCUT2D eigenvalue weighted by molar-refractivity contribution is 5.94. The molecule has 0 saturated heterocycles. The summed E-state index contributed by atoms with van der Waals surface area (Å²) in [6.45, 7) is 1.09. The maximum Gasteiger partial charge on any atom is 0.458 e. The molecule has 16 heavy (non-hydrogen) atoms. The summed E-state index contributed by atoms with van der Waals surface area (Å²) in [6, 6.07) is 3.36. The van der Waals surface area contributed by atoms with E-state index in [4.69, 9.17) is 0 Å². The number of hydrogen-bond donors (Lipinski definition) is 0. The molecule has 0 unspecified atom stereocenters. The summed E-state index contributed by atoms with van der Waals surface area (Å²) >= 11 is 0. The van der Waals surface area contributed by atoms with Gasteiger partial charge in [0.25, 0.3) is 0 Å². The highest BCUT2D eigenvalue weighted by Crippen LogP contribution is 2.43. The zero-order valence-corrected chi connectivity index (χ0v) is 8.11. The highest BCUT2D eigenvalue weighted by atomic mass is 19.4. The lowest BCUT2D eigenvalue weighted by atomic mass is 10.0. The molecule has 0 radical (unpaired) electrons. The Bertz CT molecular complexity index is 408. The molecule has 0 aromatic heterocycles. The summed E-state index contributed by atoms with van der Waals surface area (Å²) in [5.41, 5.74) is -1.41. The molecule has 1 aromatic rings. The van der Waals surface area contributed by atoms with E-state index in [1.54, 1.807) is 0 Å². The van der Waals surface area contributed by atoms with Gasteiger partial charge < -0.3 is 0 Å². The Morgan fingerprint density at radius 2 is 1.69 bits per heavy atom. The Morgan fingerprint density at radius 1 is 1.12 bits per heavy atom. The fourth-order valence-corrected chi connectivity index (χ4v) is 1.10. The van der Waals surface area contributed by atoms with Crippen molar-refractivity contribution in [3.63, 3.8) is 0 Å². The molecule has 0 atom stereocenters. The molecule has 0 aliphatic carbocycles. The molecule has 0 N–H and O–H groups in total. The van der Waals surface area contributed by atoms with E-state index in [9.17, 15) is 26.7 Å². The second-order valence-corrected chi connectivity index (χ2v) is 3.21. The Labute approximate surface area is 87.9 Å². The van der Waals surface area contributed by atoms with Gasteiger partial charge in [-0.3, -0.25) is 4.79 Å². The molecule has 1 aromatic carbocycles. The monoisotopic (exact) mass is 238 g/mol. The molecule has 6 heteroatoms. The van der Waals surface area contributed by atoms with Gasteiger partial charge in [0, 0.05) is 11.1 Å². The summed E-state index contributed by atoms with van der Waals surface area (Å²) in [4.78, 5) is 10.8. The van der Waals surface area contributed by atoms with Crippen LogP contribution in [0.4, 0.5) is 22.0 Å². The standard InChI is InChI=1S/C10H7F5O/c1-6(16)7-3-2-4-8(5-7)9(11,12)10(13,14)15/h2-5H,1H3. The van der Waals surface area contributed by atoms with Crippen molar-refractivity contribution in [3.05, 3.63) is 35.4 Å². The first-order valence-corrected chi connectivity index (χ1v) is 4.22. The summed E-state index contributed by atoms with van der Waals surface area (Å²) in [6.07, 6.45) is -5.66. The number of benzene rings is 1. The van der Waals surface area contributed by atoms with Crippen LogP contribution in [0.15, 0.2) is 24.3 Å². The maximum absolute atomic E-state index is 12.9. The molecule has 0 bridgehead atoms. The van der Waals surface area contributed by atoms with Crippen LogP contribution in [-0.4, -0.2) is 12.0 Å². The van der Waals surface area contributed by atoms with Crippen LogP contribution in [0.1, 0.15) is 22.8 Å². The molecular weight excluding hydrogens is 231 g/mol. The Hall–Kier alpha value is -1.46. The minimum atomic E-state index is -5.66. The molecular formula is C10H7F5O. The van der Waals surface area contributed by atoms with E-state index in [0.29, 0.717) is 12.1 Å². The number of Topliss-reactive ketones (excluding diaryl/α,β-unsaturated/α-hetero) is 1. The second kappa shape index (κ2) is 3.84. The molecule has 88 valence electrons. The second-order valence-electron chi connectivity index (χ2n) is 3.21. The van der Waals surface area contributed by atoms with Crippen LogP contribution in [0, 0.1) is 0 Å². The number of ketones is 1. The van der Waals surface area contributed by atoms with Gasteiger partial charge in [-0.2, -0.15) is 22.0 Å². The van der Waals surface area contributed by atoms with E-state index >= 15 is 0 Å². The van der Waals surface area contributed by atoms with Crippen LogP contribution < -0.4 is 0 Å². The summed E-state index contributed by atoms with van der Waals surface area (Å²) < 4.78 is 61.8. The van der Waals surface area contributed by atoms with Crippen LogP contribution in [0.5, 0.6) is 0 Å². The fraction of sp³-hybridized carbons (Fsp3) is 0.300. The number of hydrogen-bond acceptors (Lipinski definition) is 1. The van der Waals surface area contributed by atoms with Gasteiger partial charge in [0.2, 0.25) is 0 Å². The van der Waals surface area contributed by atoms with Gasteiger partial charge in [-0.05, 0) is 13.0 Å². The van der Waals surface area contributed by atoms with Crippen LogP contribution in [-0.2, 0) is 5.92 Å². The number of halogens is 5. The van der Waals surface area contributed by atoms with Gasteiger partial charge in [0.15, 0.2) is 5.78 Å². The summed E-state index contributed by atoms with van der Waals surface area (Å²) in [7, 11) is 0. The number of rotatable bonds is 2. The van der Waals surface area contributed by atoms with E-state index in [0.717, 1.165) is 13.0 Å². The SMILES string of the molecule is CC(=O)c1cccc(C(F)(F)C(F)(F)F)c1. The third kappa shape index (κ3) is 2.20. The summed E-state index contributed by atoms with van der Waals surface area (Å²) in [5.74, 6) is -5.52. The Kier molecular flexibility index (Phi) is 3.03. The zero-order chi connectivity index (χ0) is 12.6. The van der Waals surface area contributed by atoms with Gasteiger partial charge in [-0.15, -0.1) is 0 Å². The Morgan fingerprint density at radius 3 is 2.12 bits per heavy atom. The van der Waals surface area contributed by atoms with Gasteiger partial charge in [-0.1, -0.05) is 18.2 Å². The van der Waals surface area contributed by atoms with Gasteiger partial charge >= 0.3 is 12.1 Å². The normalized spacial score (nSPS) is 12.6. The number of carbonyl (C=O) groups excluding carboxylic acids is 1.